The Balaban J connectivity index is 1.77. The van der Waals surface area contributed by atoms with E-state index in [9.17, 15) is 4.79 Å². The van der Waals surface area contributed by atoms with Crippen molar-refractivity contribution in [3.8, 4) is 0 Å². The summed E-state index contributed by atoms with van der Waals surface area (Å²) in [5, 5.41) is 10.8. The maximum Gasteiger partial charge on any atom is 0.323 e. The lowest BCUT2D eigenvalue weighted by Gasteiger charge is -2.20. The highest BCUT2D eigenvalue weighted by Gasteiger charge is 2.31. The molecule has 0 radical (unpaired) electrons. The Hall–Kier alpha value is -0.610. The van der Waals surface area contributed by atoms with E-state index in [2.05, 4.69) is 6.92 Å². The highest BCUT2D eigenvalue weighted by molar-refractivity contribution is 5.73. The number of carbonyl (C=O) groups is 1. The van der Waals surface area contributed by atoms with Crippen LogP contribution in [0.2, 0.25) is 0 Å². The van der Waals surface area contributed by atoms with Crippen LogP contribution in [-0.4, -0.2) is 35.3 Å². The van der Waals surface area contributed by atoms with Crippen molar-refractivity contribution in [2.45, 2.75) is 116 Å². The number of hydrogen-bond acceptors (Lipinski definition) is 3. The maximum atomic E-state index is 11.1. The monoisotopic (exact) mass is 355 g/mol. The fourth-order valence-electron chi connectivity index (χ4n) is 3.62. The molecule has 4 heteroatoms. The highest BCUT2D eigenvalue weighted by Crippen LogP contribution is 2.18. The van der Waals surface area contributed by atoms with E-state index in [1.165, 1.54) is 83.5 Å². The van der Waals surface area contributed by atoms with Gasteiger partial charge >= 0.3 is 5.97 Å². The maximum absolute atomic E-state index is 11.1. The number of rotatable bonds is 17. The molecule has 1 atom stereocenters. The number of hydrogen-bond donors (Lipinski definition) is 1. The van der Waals surface area contributed by atoms with E-state index in [0.717, 1.165) is 19.4 Å². The molecule has 148 valence electrons. The number of carboxylic acid groups (broad SMARTS) is 1. The summed E-state index contributed by atoms with van der Waals surface area (Å²) in [6.07, 6.45) is 20.5. The fourth-order valence-corrected chi connectivity index (χ4v) is 3.62. The van der Waals surface area contributed by atoms with Crippen molar-refractivity contribution in [2.75, 3.05) is 13.2 Å². The lowest BCUT2D eigenvalue weighted by Crippen LogP contribution is -2.36. The van der Waals surface area contributed by atoms with Crippen LogP contribution in [0.3, 0.4) is 0 Å². The van der Waals surface area contributed by atoms with Crippen molar-refractivity contribution >= 4 is 5.97 Å². The lowest BCUT2D eigenvalue weighted by atomic mass is 10.0. The van der Waals surface area contributed by atoms with E-state index in [1.807, 2.05) is 0 Å². The third kappa shape index (κ3) is 11.6. The molecule has 1 heterocycles. The second-order valence-electron chi connectivity index (χ2n) is 7.57. The van der Waals surface area contributed by atoms with Crippen LogP contribution >= 0.6 is 0 Å². The zero-order valence-corrected chi connectivity index (χ0v) is 16.5. The summed E-state index contributed by atoms with van der Waals surface area (Å²) in [5.74, 6) is -0.751. The van der Waals surface area contributed by atoms with Crippen LogP contribution in [-0.2, 0) is 9.63 Å². The third-order valence-electron chi connectivity index (χ3n) is 5.24. The van der Waals surface area contributed by atoms with Gasteiger partial charge in [-0.1, -0.05) is 90.4 Å². The molecule has 0 aliphatic carbocycles. The van der Waals surface area contributed by atoms with Gasteiger partial charge < -0.3 is 5.11 Å². The second-order valence-corrected chi connectivity index (χ2v) is 7.57. The van der Waals surface area contributed by atoms with E-state index in [1.54, 1.807) is 5.06 Å². The van der Waals surface area contributed by atoms with Crippen LogP contribution in [0.25, 0.3) is 0 Å². The third-order valence-corrected chi connectivity index (χ3v) is 5.24. The van der Waals surface area contributed by atoms with Gasteiger partial charge in [0.05, 0.1) is 6.61 Å². The molecule has 25 heavy (non-hydrogen) atoms. The van der Waals surface area contributed by atoms with Crippen molar-refractivity contribution in [1.29, 1.82) is 0 Å². The zero-order valence-electron chi connectivity index (χ0n) is 16.5. The molecule has 0 amide bonds. The summed E-state index contributed by atoms with van der Waals surface area (Å²) in [7, 11) is 0. The van der Waals surface area contributed by atoms with E-state index < -0.39 is 12.0 Å². The van der Waals surface area contributed by atoms with Crippen molar-refractivity contribution in [3.63, 3.8) is 0 Å². The standard InChI is InChI=1S/C21H41NO3/c1-2-3-4-5-6-7-8-9-10-11-12-13-14-15-19-25-22-18-16-17-20(22)21(23)24/h20H,2-19H2,1H3,(H,23,24)/t20-/m0/s1. The highest BCUT2D eigenvalue weighted by atomic mass is 16.7. The van der Waals surface area contributed by atoms with Crippen molar-refractivity contribution in [2.24, 2.45) is 0 Å². The molecule has 1 fully saturated rings. The Morgan fingerprint density at radius 3 is 1.84 bits per heavy atom. The summed E-state index contributed by atoms with van der Waals surface area (Å²) >= 11 is 0. The van der Waals surface area contributed by atoms with Crippen LogP contribution in [0.5, 0.6) is 0 Å². The summed E-state index contributed by atoms with van der Waals surface area (Å²) < 4.78 is 0. The van der Waals surface area contributed by atoms with Gasteiger partial charge in [-0.15, -0.1) is 0 Å². The van der Waals surface area contributed by atoms with Gasteiger partial charge in [-0.3, -0.25) is 9.63 Å². The molecule has 4 nitrogen and oxygen atoms in total. The van der Waals surface area contributed by atoms with Gasteiger partial charge in [0.15, 0.2) is 0 Å². The summed E-state index contributed by atoms with van der Waals surface area (Å²) in [6, 6.07) is -0.424. The second kappa shape index (κ2) is 15.6. The predicted molar refractivity (Wildman–Crippen MR) is 104 cm³/mol. The molecule has 1 rings (SSSR count). The van der Waals surface area contributed by atoms with Gasteiger partial charge in [0.1, 0.15) is 6.04 Å². The minimum Gasteiger partial charge on any atom is -0.480 e. The number of nitrogens with zero attached hydrogens (tertiary/aromatic N) is 1. The van der Waals surface area contributed by atoms with Gasteiger partial charge in [0, 0.05) is 6.54 Å². The molecule has 0 saturated carbocycles. The number of hydroxylamine groups is 2. The molecule has 0 unspecified atom stereocenters. The summed E-state index contributed by atoms with van der Waals surface area (Å²) in [4.78, 5) is 16.7. The topological polar surface area (TPSA) is 49.8 Å². The fraction of sp³-hybridized carbons (Fsp3) is 0.952. The van der Waals surface area contributed by atoms with E-state index in [4.69, 9.17) is 9.94 Å². The Morgan fingerprint density at radius 2 is 1.36 bits per heavy atom. The molecule has 0 aromatic heterocycles. The number of aliphatic carboxylic acids is 1. The minimum atomic E-state index is -0.751. The molecule has 0 aromatic rings. The van der Waals surface area contributed by atoms with Gasteiger partial charge in [-0.25, -0.2) is 0 Å². The molecule has 0 spiro atoms. The van der Waals surface area contributed by atoms with Crippen molar-refractivity contribution in [1.82, 2.24) is 5.06 Å². The number of carboxylic acids is 1. The first-order valence-electron chi connectivity index (χ1n) is 10.9. The van der Waals surface area contributed by atoms with Crippen LogP contribution < -0.4 is 0 Å². The summed E-state index contributed by atoms with van der Waals surface area (Å²) in [6.45, 7) is 3.70. The van der Waals surface area contributed by atoms with Gasteiger partial charge in [-0.05, 0) is 19.3 Å². The molecule has 1 saturated heterocycles. The van der Waals surface area contributed by atoms with Crippen LogP contribution in [0, 0.1) is 0 Å². The SMILES string of the molecule is CCCCCCCCCCCCCCCCON1CCC[C@H]1C(=O)O. The average Bonchev–Trinajstić information content (AvgIpc) is 3.07. The average molecular weight is 356 g/mol. The van der Waals surface area contributed by atoms with Crippen LogP contribution in [0.4, 0.5) is 0 Å². The van der Waals surface area contributed by atoms with Gasteiger partial charge in [0.25, 0.3) is 0 Å². The largest absolute Gasteiger partial charge is 0.480 e. The first kappa shape index (κ1) is 22.4. The van der Waals surface area contributed by atoms with Crippen molar-refractivity contribution < 1.29 is 14.7 Å². The summed E-state index contributed by atoms with van der Waals surface area (Å²) in [5.41, 5.74) is 0. The molecule has 1 N–H and O–H groups in total. The van der Waals surface area contributed by atoms with Gasteiger partial charge in [-0.2, -0.15) is 5.06 Å². The lowest BCUT2D eigenvalue weighted by molar-refractivity contribution is -0.186. The Bertz CT molecular complexity index is 322. The molecule has 0 aromatic carbocycles. The van der Waals surface area contributed by atoms with Crippen molar-refractivity contribution in [3.05, 3.63) is 0 Å². The molecule has 1 aliphatic heterocycles. The van der Waals surface area contributed by atoms with E-state index in [-0.39, 0.29) is 0 Å². The molecular formula is C21H41NO3. The molecule has 1 aliphatic rings. The zero-order chi connectivity index (χ0) is 18.2. The normalized spacial score (nSPS) is 18.0. The Kier molecular flexibility index (Phi) is 14.0. The van der Waals surface area contributed by atoms with Crippen LogP contribution in [0.15, 0.2) is 0 Å². The Morgan fingerprint density at radius 1 is 0.880 bits per heavy atom. The van der Waals surface area contributed by atoms with E-state index >= 15 is 0 Å². The first-order valence-corrected chi connectivity index (χ1v) is 10.9. The smallest absolute Gasteiger partial charge is 0.323 e. The Labute approximate surface area is 155 Å². The minimum absolute atomic E-state index is 0.424. The quantitative estimate of drug-likeness (QED) is 0.328. The molecule has 0 bridgehead atoms. The number of unbranched alkanes of at least 4 members (excludes halogenated alkanes) is 13. The van der Waals surface area contributed by atoms with Crippen LogP contribution in [0.1, 0.15) is 110 Å². The van der Waals surface area contributed by atoms with Gasteiger partial charge in [0.2, 0.25) is 0 Å². The first-order chi connectivity index (χ1) is 12.3. The predicted octanol–water partition coefficient (Wildman–Crippen LogP) is 5.95. The molecular weight excluding hydrogens is 314 g/mol. The van der Waals surface area contributed by atoms with E-state index in [0.29, 0.717) is 13.0 Å².